The Hall–Kier alpha value is -0.920. The molecule has 1 unspecified atom stereocenters. The highest BCUT2D eigenvalue weighted by atomic mass is 32.2. The first-order valence-electron chi connectivity index (χ1n) is 7.24. The summed E-state index contributed by atoms with van der Waals surface area (Å²) in [6.07, 6.45) is 5.74. The van der Waals surface area contributed by atoms with E-state index in [1.807, 2.05) is 0 Å². The molecule has 0 aromatic carbocycles. The zero-order chi connectivity index (χ0) is 14.2. The Bertz CT molecular complexity index is 569. The zero-order valence-electron chi connectivity index (χ0n) is 11.9. The minimum absolute atomic E-state index is 0.126. The predicted molar refractivity (Wildman–Crippen MR) is 75.9 cm³/mol. The second-order valence-corrected chi connectivity index (χ2v) is 7.99. The van der Waals surface area contributed by atoms with Gasteiger partial charge in [-0.05, 0) is 44.6 Å². The number of aryl methyl sites for hydroxylation is 1. The van der Waals surface area contributed by atoms with Crippen molar-refractivity contribution in [2.45, 2.75) is 37.5 Å². The van der Waals surface area contributed by atoms with Crippen LogP contribution in [0.1, 0.15) is 31.4 Å². The van der Waals surface area contributed by atoms with Gasteiger partial charge in [0.25, 0.3) is 0 Å². The van der Waals surface area contributed by atoms with Gasteiger partial charge in [-0.25, -0.2) is 8.42 Å². The van der Waals surface area contributed by atoms with Crippen LogP contribution in [0.15, 0.2) is 11.1 Å². The van der Waals surface area contributed by atoms with Gasteiger partial charge in [-0.3, -0.25) is 5.10 Å². The predicted octanol–water partition coefficient (Wildman–Crippen LogP) is 0.872. The lowest BCUT2D eigenvalue weighted by molar-refractivity contribution is 0.110. The molecule has 2 aliphatic rings. The SMILES string of the molecule is Cc1[nH]ncc1S(=O)(=O)N1CCCC2(CCCNC2)C1. The highest BCUT2D eigenvalue weighted by Gasteiger charge is 2.41. The Balaban J connectivity index is 1.85. The number of piperidine rings is 2. The molecular weight excluding hydrogens is 276 g/mol. The Kier molecular flexibility index (Phi) is 3.60. The second kappa shape index (κ2) is 5.13. The second-order valence-electron chi connectivity index (χ2n) is 6.08. The first-order chi connectivity index (χ1) is 9.54. The van der Waals surface area contributed by atoms with Crippen LogP contribution in [0.2, 0.25) is 0 Å². The van der Waals surface area contributed by atoms with Crippen LogP contribution in [-0.4, -0.2) is 49.1 Å². The molecule has 2 aliphatic heterocycles. The molecule has 3 rings (SSSR count). The third kappa shape index (κ3) is 2.38. The van der Waals surface area contributed by atoms with Crippen molar-refractivity contribution in [1.82, 2.24) is 19.8 Å². The molecule has 1 aromatic rings. The van der Waals surface area contributed by atoms with Gasteiger partial charge in [-0.15, -0.1) is 0 Å². The lowest BCUT2D eigenvalue weighted by atomic mass is 9.75. The van der Waals surface area contributed by atoms with Crippen LogP contribution in [0, 0.1) is 12.3 Å². The van der Waals surface area contributed by atoms with Gasteiger partial charge < -0.3 is 5.32 Å². The van der Waals surface area contributed by atoms with E-state index in [0.29, 0.717) is 23.7 Å². The smallest absolute Gasteiger partial charge is 0.246 e. The minimum atomic E-state index is -3.41. The monoisotopic (exact) mass is 298 g/mol. The van der Waals surface area contributed by atoms with Crippen molar-refractivity contribution in [2.24, 2.45) is 5.41 Å². The molecule has 1 aromatic heterocycles. The van der Waals surface area contributed by atoms with Gasteiger partial charge in [0, 0.05) is 19.6 Å². The normalized spacial score (nSPS) is 28.9. The maximum atomic E-state index is 12.7. The number of aromatic nitrogens is 2. The highest BCUT2D eigenvalue weighted by Crippen LogP contribution is 2.37. The number of rotatable bonds is 2. The molecule has 112 valence electrons. The van der Waals surface area contributed by atoms with Crippen molar-refractivity contribution in [3.8, 4) is 0 Å². The van der Waals surface area contributed by atoms with E-state index in [-0.39, 0.29) is 5.41 Å². The summed E-state index contributed by atoms with van der Waals surface area (Å²) in [6.45, 7) is 4.99. The third-order valence-electron chi connectivity index (χ3n) is 4.59. The van der Waals surface area contributed by atoms with E-state index >= 15 is 0 Å². The van der Waals surface area contributed by atoms with E-state index in [9.17, 15) is 8.42 Å². The van der Waals surface area contributed by atoms with E-state index in [1.54, 1.807) is 11.2 Å². The van der Waals surface area contributed by atoms with Crippen LogP contribution in [0.3, 0.4) is 0 Å². The Morgan fingerprint density at radius 1 is 1.35 bits per heavy atom. The van der Waals surface area contributed by atoms with Crippen molar-refractivity contribution in [2.75, 3.05) is 26.2 Å². The fourth-order valence-electron chi connectivity index (χ4n) is 3.49. The van der Waals surface area contributed by atoms with Crippen molar-refractivity contribution in [3.05, 3.63) is 11.9 Å². The van der Waals surface area contributed by atoms with Crippen molar-refractivity contribution in [3.63, 3.8) is 0 Å². The quantitative estimate of drug-likeness (QED) is 0.849. The maximum Gasteiger partial charge on any atom is 0.246 e. The number of nitrogens with one attached hydrogen (secondary N) is 2. The van der Waals surface area contributed by atoms with Gasteiger partial charge in [-0.2, -0.15) is 9.40 Å². The first-order valence-corrected chi connectivity index (χ1v) is 8.68. The molecule has 0 aliphatic carbocycles. The lowest BCUT2D eigenvalue weighted by Crippen LogP contribution is -2.52. The lowest BCUT2D eigenvalue weighted by Gasteiger charge is -2.44. The molecule has 1 atom stereocenters. The van der Waals surface area contributed by atoms with Crippen molar-refractivity contribution >= 4 is 10.0 Å². The number of hydrogen-bond acceptors (Lipinski definition) is 4. The number of H-pyrrole nitrogens is 1. The van der Waals surface area contributed by atoms with Crippen LogP contribution in [0.25, 0.3) is 0 Å². The fraction of sp³-hybridized carbons (Fsp3) is 0.769. The molecule has 1 spiro atoms. The Labute approximate surface area is 120 Å². The van der Waals surface area contributed by atoms with Crippen LogP contribution < -0.4 is 5.32 Å². The molecule has 2 fully saturated rings. The average Bonchev–Trinajstić information content (AvgIpc) is 2.87. The van der Waals surface area contributed by atoms with Gasteiger partial charge in [0.05, 0.1) is 11.9 Å². The van der Waals surface area contributed by atoms with Gasteiger partial charge in [0.15, 0.2) is 0 Å². The summed E-state index contributed by atoms with van der Waals surface area (Å²) >= 11 is 0. The summed E-state index contributed by atoms with van der Waals surface area (Å²) in [5.41, 5.74) is 0.743. The van der Waals surface area contributed by atoms with Crippen molar-refractivity contribution < 1.29 is 8.42 Å². The first kappa shape index (κ1) is 14.0. The van der Waals surface area contributed by atoms with E-state index < -0.39 is 10.0 Å². The summed E-state index contributed by atoms with van der Waals surface area (Å²) in [5, 5.41) is 9.98. The third-order valence-corrected chi connectivity index (χ3v) is 6.55. The van der Waals surface area contributed by atoms with Gasteiger partial charge in [0.2, 0.25) is 10.0 Å². The van der Waals surface area contributed by atoms with E-state index in [1.165, 1.54) is 6.20 Å². The fourth-order valence-corrected chi connectivity index (χ4v) is 5.20. The molecule has 0 amide bonds. The Morgan fingerprint density at radius 3 is 2.80 bits per heavy atom. The molecule has 3 heterocycles. The highest BCUT2D eigenvalue weighted by molar-refractivity contribution is 7.89. The van der Waals surface area contributed by atoms with Gasteiger partial charge in [-0.1, -0.05) is 0 Å². The summed E-state index contributed by atoms with van der Waals surface area (Å²) in [7, 11) is -3.41. The molecule has 0 bridgehead atoms. The molecule has 6 nitrogen and oxygen atoms in total. The topological polar surface area (TPSA) is 78.1 Å². The zero-order valence-corrected chi connectivity index (χ0v) is 12.7. The number of aromatic amines is 1. The molecule has 7 heteroatoms. The van der Waals surface area contributed by atoms with E-state index in [2.05, 4.69) is 15.5 Å². The summed E-state index contributed by atoms with van der Waals surface area (Å²) < 4.78 is 27.1. The van der Waals surface area contributed by atoms with Crippen LogP contribution in [0.5, 0.6) is 0 Å². The largest absolute Gasteiger partial charge is 0.316 e. The average molecular weight is 298 g/mol. The Morgan fingerprint density at radius 2 is 2.15 bits per heavy atom. The number of hydrogen-bond donors (Lipinski definition) is 2. The molecule has 0 radical (unpaired) electrons. The van der Waals surface area contributed by atoms with Gasteiger partial charge >= 0.3 is 0 Å². The van der Waals surface area contributed by atoms with Gasteiger partial charge in [0.1, 0.15) is 4.90 Å². The van der Waals surface area contributed by atoms with E-state index in [0.717, 1.165) is 38.8 Å². The molecular formula is C13H22N4O2S. The van der Waals surface area contributed by atoms with Crippen LogP contribution in [0.4, 0.5) is 0 Å². The van der Waals surface area contributed by atoms with E-state index in [4.69, 9.17) is 0 Å². The molecule has 0 saturated carbocycles. The summed E-state index contributed by atoms with van der Waals surface area (Å²) in [4.78, 5) is 0.318. The molecule has 2 N–H and O–H groups in total. The number of sulfonamides is 1. The summed E-state index contributed by atoms with van der Waals surface area (Å²) in [5.74, 6) is 0. The standard InChI is InChI=1S/C13H22N4O2S/c1-11-12(8-15-16-11)20(18,19)17-7-3-5-13(10-17)4-2-6-14-9-13/h8,14H,2-7,9-10H2,1H3,(H,15,16). The van der Waals surface area contributed by atoms with Crippen LogP contribution >= 0.6 is 0 Å². The van der Waals surface area contributed by atoms with Crippen LogP contribution in [-0.2, 0) is 10.0 Å². The molecule has 2 saturated heterocycles. The summed E-state index contributed by atoms with van der Waals surface area (Å²) in [6, 6.07) is 0. The maximum absolute atomic E-state index is 12.7. The molecule has 20 heavy (non-hydrogen) atoms. The van der Waals surface area contributed by atoms with Crippen molar-refractivity contribution in [1.29, 1.82) is 0 Å². The minimum Gasteiger partial charge on any atom is -0.316 e. The number of nitrogens with zero attached hydrogens (tertiary/aromatic N) is 2.